The lowest BCUT2D eigenvalue weighted by molar-refractivity contribution is 0.471. The summed E-state index contributed by atoms with van der Waals surface area (Å²) in [7, 11) is 0. The van der Waals surface area contributed by atoms with Crippen LogP contribution in [0, 0.1) is 0 Å². The first-order valence-electron chi connectivity index (χ1n) is 7.50. The van der Waals surface area contributed by atoms with E-state index in [-0.39, 0.29) is 11.5 Å². The van der Waals surface area contributed by atoms with Crippen LogP contribution in [0.5, 0.6) is 11.5 Å². The Morgan fingerprint density at radius 1 is 0.652 bits per heavy atom. The highest BCUT2D eigenvalue weighted by Gasteiger charge is 2.30. The largest absolute Gasteiger partial charge is 0.508 e. The molecular formula is C20H19NO2. The molecular weight excluding hydrogens is 286 g/mol. The second-order valence-electron chi connectivity index (χ2n) is 5.73. The van der Waals surface area contributed by atoms with Crippen molar-refractivity contribution in [1.29, 1.82) is 0 Å². The summed E-state index contributed by atoms with van der Waals surface area (Å²) >= 11 is 0. The monoisotopic (exact) mass is 305 g/mol. The van der Waals surface area contributed by atoms with Gasteiger partial charge in [0.1, 0.15) is 11.5 Å². The Morgan fingerprint density at radius 3 is 1.52 bits per heavy atom. The maximum atomic E-state index is 9.55. The van der Waals surface area contributed by atoms with E-state index in [4.69, 9.17) is 5.73 Å². The van der Waals surface area contributed by atoms with Gasteiger partial charge in [-0.25, -0.2) is 0 Å². The summed E-state index contributed by atoms with van der Waals surface area (Å²) in [5.74, 6) is 0.419. The van der Waals surface area contributed by atoms with Gasteiger partial charge in [-0.05, 0) is 47.4 Å². The van der Waals surface area contributed by atoms with Crippen LogP contribution in [-0.2, 0) is 12.0 Å². The Balaban J connectivity index is 2.08. The Hall–Kier alpha value is -2.78. The smallest absolute Gasteiger partial charge is 0.115 e. The molecule has 3 nitrogen and oxygen atoms in total. The van der Waals surface area contributed by atoms with E-state index in [0.717, 1.165) is 16.7 Å². The van der Waals surface area contributed by atoms with Crippen molar-refractivity contribution in [2.45, 2.75) is 12.0 Å². The van der Waals surface area contributed by atoms with E-state index in [2.05, 4.69) is 0 Å². The number of nitrogens with two attached hydrogens (primary N) is 1. The first-order valence-corrected chi connectivity index (χ1v) is 7.50. The fourth-order valence-electron chi connectivity index (χ4n) is 2.81. The van der Waals surface area contributed by atoms with Gasteiger partial charge in [0.25, 0.3) is 0 Å². The standard InChI is InChI=1S/C20H19NO2/c21-20(14-15-4-2-1-3-5-15,16-6-10-18(22)11-7-16)17-8-12-19(23)13-9-17/h1-13,22-23H,14,21H2. The maximum absolute atomic E-state index is 9.55. The molecule has 0 bridgehead atoms. The molecule has 0 unspecified atom stereocenters. The number of phenols is 2. The van der Waals surface area contributed by atoms with E-state index in [1.54, 1.807) is 24.3 Å². The lowest BCUT2D eigenvalue weighted by atomic mass is 9.79. The summed E-state index contributed by atoms with van der Waals surface area (Å²) in [6.45, 7) is 0. The van der Waals surface area contributed by atoms with Gasteiger partial charge in [0.05, 0.1) is 5.54 Å². The quantitative estimate of drug-likeness (QED) is 0.690. The molecule has 0 saturated carbocycles. The van der Waals surface area contributed by atoms with E-state index >= 15 is 0 Å². The molecule has 3 rings (SSSR count). The summed E-state index contributed by atoms with van der Waals surface area (Å²) in [5.41, 5.74) is 9.00. The number of benzene rings is 3. The van der Waals surface area contributed by atoms with E-state index in [0.29, 0.717) is 6.42 Å². The van der Waals surface area contributed by atoms with Gasteiger partial charge in [-0.3, -0.25) is 0 Å². The lowest BCUT2D eigenvalue weighted by Gasteiger charge is -2.31. The Bertz CT molecular complexity index is 720. The molecule has 0 aliphatic rings. The van der Waals surface area contributed by atoms with Crippen molar-refractivity contribution >= 4 is 0 Å². The van der Waals surface area contributed by atoms with Crippen LogP contribution in [0.4, 0.5) is 0 Å². The molecule has 0 heterocycles. The zero-order chi connectivity index (χ0) is 16.3. The molecule has 3 aromatic carbocycles. The van der Waals surface area contributed by atoms with Crippen LogP contribution >= 0.6 is 0 Å². The van der Waals surface area contributed by atoms with Gasteiger partial charge >= 0.3 is 0 Å². The highest BCUT2D eigenvalue weighted by Crippen LogP contribution is 2.32. The molecule has 0 saturated heterocycles. The van der Waals surface area contributed by atoms with Crippen molar-refractivity contribution in [3.63, 3.8) is 0 Å². The Morgan fingerprint density at radius 2 is 1.09 bits per heavy atom. The number of hydrogen-bond donors (Lipinski definition) is 3. The first-order chi connectivity index (χ1) is 11.1. The molecule has 0 aromatic heterocycles. The molecule has 0 aliphatic carbocycles. The maximum Gasteiger partial charge on any atom is 0.115 e. The van der Waals surface area contributed by atoms with Crippen molar-refractivity contribution in [1.82, 2.24) is 0 Å². The minimum absolute atomic E-state index is 0.210. The van der Waals surface area contributed by atoms with Gasteiger partial charge in [0.2, 0.25) is 0 Å². The summed E-state index contributed by atoms with van der Waals surface area (Å²) in [5, 5.41) is 19.1. The zero-order valence-corrected chi connectivity index (χ0v) is 12.7. The zero-order valence-electron chi connectivity index (χ0n) is 12.7. The van der Waals surface area contributed by atoms with Crippen LogP contribution in [0.25, 0.3) is 0 Å². The Labute approximate surface area is 135 Å². The van der Waals surface area contributed by atoms with Gasteiger partial charge in [0, 0.05) is 0 Å². The van der Waals surface area contributed by atoms with Gasteiger partial charge in [-0.15, -0.1) is 0 Å². The molecule has 0 amide bonds. The van der Waals surface area contributed by atoms with Gasteiger partial charge in [0.15, 0.2) is 0 Å². The third-order valence-corrected chi connectivity index (χ3v) is 4.09. The molecule has 23 heavy (non-hydrogen) atoms. The molecule has 116 valence electrons. The summed E-state index contributed by atoms with van der Waals surface area (Å²) < 4.78 is 0. The second kappa shape index (κ2) is 6.15. The average molecular weight is 305 g/mol. The summed E-state index contributed by atoms with van der Waals surface area (Å²) in [6.07, 6.45) is 0.614. The van der Waals surface area contributed by atoms with Crippen molar-refractivity contribution in [2.24, 2.45) is 5.73 Å². The van der Waals surface area contributed by atoms with Crippen molar-refractivity contribution in [2.75, 3.05) is 0 Å². The molecule has 3 aromatic rings. The summed E-state index contributed by atoms with van der Waals surface area (Å²) in [6, 6.07) is 24.0. The van der Waals surface area contributed by atoms with Gasteiger partial charge in [-0.1, -0.05) is 54.6 Å². The van der Waals surface area contributed by atoms with Crippen molar-refractivity contribution in [3.05, 3.63) is 95.6 Å². The van der Waals surface area contributed by atoms with Gasteiger partial charge < -0.3 is 15.9 Å². The Kier molecular flexibility index (Phi) is 4.04. The molecule has 4 N–H and O–H groups in total. The van der Waals surface area contributed by atoms with Crippen LogP contribution < -0.4 is 5.73 Å². The van der Waals surface area contributed by atoms with E-state index in [9.17, 15) is 10.2 Å². The number of aromatic hydroxyl groups is 2. The molecule has 0 aliphatic heterocycles. The van der Waals surface area contributed by atoms with E-state index in [1.807, 2.05) is 54.6 Å². The fourth-order valence-corrected chi connectivity index (χ4v) is 2.81. The molecule has 0 atom stereocenters. The van der Waals surface area contributed by atoms with Crippen LogP contribution in [0.3, 0.4) is 0 Å². The van der Waals surface area contributed by atoms with E-state index in [1.165, 1.54) is 0 Å². The SMILES string of the molecule is NC(Cc1ccccc1)(c1ccc(O)cc1)c1ccc(O)cc1. The van der Waals surface area contributed by atoms with Gasteiger partial charge in [-0.2, -0.15) is 0 Å². The van der Waals surface area contributed by atoms with Crippen LogP contribution in [0.1, 0.15) is 16.7 Å². The first kappa shape index (κ1) is 15.1. The van der Waals surface area contributed by atoms with Crippen molar-refractivity contribution in [3.8, 4) is 11.5 Å². The molecule has 3 heteroatoms. The van der Waals surface area contributed by atoms with Crippen molar-refractivity contribution < 1.29 is 10.2 Å². The number of hydrogen-bond acceptors (Lipinski definition) is 3. The van der Waals surface area contributed by atoms with Crippen LogP contribution in [-0.4, -0.2) is 10.2 Å². The minimum atomic E-state index is -0.747. The predicted octanol–water partition coefficient (Wildman–Crippen LogP) is 3.54. The minimum Gasteiger partial charge on any atom is -0.508 e. The van der Waals surface area contributed by atoms with Crippen LogP contribution in [0.15, 0.2) is 78.9 Å². The predicted molar refractivity (Wildman–Crippen MR) is 91.3 cm³/mol. The highest BCUT2D eigenvalue weighted by molar-refractivity contribution is 5.43. The number of rotatable bonds is 4. The summed E-state index contributed by atoms with van der Waals surface area (Å²) in [4.78, 5) is 0. The fraction of sp³-hybridized carbons (Fsp3) is 0.100. The average Bonchev–Trinajstić information content (AvgIpc) is 2.57. The molecule has 0 fully saturated rings. The lowest BCUT2D eigenvalue weighted by Crippen LogP contribution is -2.40. The normalized spacial score (nSPS) is 11.3. The second-order valence-corrected chi connectivity index (χ2v) is 5.73. The molecule has 0 spiro atoms. The van der Waals surface area contributed by atoms with E-state index < -0.39 is 5.54 Å². The number of phenolic OH excluding ortho intramolecular Hbond substituents is 2. The van der Waals surface area contributed by atoms with Crippen LogP contribution in [0.2, 0.25) is 0 Å². The third kappa shape index (κ3) is 3.20. The highest BCUT2D eigenvalue weighted by atomic mass is 16.3. The third-order valence-electron chi connectivity index (χ3n) is 4.09. The molecule has 0 radical (unpaired) electrons. The topological polar surface area (TPSA) is 66.5 Å².